The Morgan fingerprint density at radius 3 is 2.35 bits per heavy atom. The van der Waals surface area contributed by atoms with Gasteiger partial charge in [0.25, 0.3) is 0 Å². The van der Waals surface area contributed by atoms with Gasteiger partial charge in [0.05, 0.1) is 20.3 Å². The molecule has 2 fully saturated rings. The Labute approximate surface area is 124 Å². The van der Waals surface area contributed by atoms with Gasteiger partial charge in [0, 0.05) is 5.56 Å². The van der Waals surface area contributed by atoms with Crippen molar-refractivity contribution in [2.75, 3.05) is 14.2 Å². The predicted octanol–water partition coefficient (Wildman–Crippen LogP) is 3.83. The van der Waals surface area contributed by atoms with Crippen LogP contribution >= 0.6 is 11.6 Å². The van der Waals surface area contributed by atoms with Gasteiger partial charge < -0.3 is 14.6 Å². The Morgan fingerprint density at radius 2 is 1.80 bits per heavy atom. The molecule has 0 spiro atoms. The number of hydrogen-bond donors (Lipinski definition) is 1. The summed E-state index contributed by atoms with van der Waals surface area (Å²) in [5, 5.41) is 11.2. The Morgan fingerprint density at radius 1 is 1.15 bits per heavy atom. The van der Waals surface area contributed by atoms with Crippen LogP contribution in [0, 0.1) is 17.8 Å². The third kappa shape index (κ3) is 2.17. The summed E-state index contributed by atoms with van der Waals surface area (Å²) in [6.45, 7) is 0. The number of aliphatic hydroxyl groups excluding tert-OH is 1. The average molecular weight is 297 g/mol. The van der Waals surface area contributed by atoms with Crippen LogP contribution in [0.3, 0.4) is 0 Å². The van der Waals surface area contributed by atoms with Gasteiger partial charge in [-0.05, 0) is 42.7 Å². The fourth-order valence-corrected chi connectivity index (χ4v) is 4.20. The van der Waals surface area contributed by atoms with Gasteiger partial charge in [-0.3, -0.25) is 0 Å². The Hall–Kier alpha value is -0.930. The summed E-state index contributed by atoms with van der Waals surface area (Å²) in [5.41, 5.74) is 0.790. The first-order valence-electron chi connectivity index (χ1n) is 7.27. The van der Waals surface area contributed by atoms with Crippen LogP contribution in [-0.4, -0.2) is 19.3 Å². The molecule has 0 radical (unpaired) electrons. The molecule has 0 saturated heterocycles. The molecule has 20 heavy (non-hydrogen) atoms. The molecule has 110 valence electrons. The van der Waals surface area contributed by atoms with Crippen molar-refractivity contribution < 1.29 is 14.6 Å². The largest absolute Gasteiger partial charge is 0.495 e. The second-order valence-electron chi connectivity index (χ2n) is 5.84. The molecule has 2 aliphatic rings. The number of methoxy groups -OCH3 is 2. The van der Waals surface area contributed by atoms with Crippen molar-refractivity contribution in [1.82, 2.24) is 0 Å². The summed E-state index contributed by atoms with van der Waals surface area (Å²) in [6.07, 6.45) is 4.61. The van der Waals surface area contributed by atoms with E-state index in [0.29, 0.717) is 34.3 Å². The van der Waals surface area contributed by atoms with Crippen molar-refractivity contribution in [2.24, 2.45) is 17.8 Å². The van der Waals surface area contributed by atoms with E-state index in [2.05, 4.69) is 0 Å². The van der Waals surface area contributed by atoms with Gasteiger partial charge >= 0.3 is 0 Å². The molecule has 1 aromatic carbocycles. The zero-order chi connectivity index (χ0) is 14.3. The van der Waals surface area contributed by atoms with E-state index in [9.17, 15) is 5.11 Å². The minimum absolute atomic E-state index is 0.371. The maximum absolute atomic E-state index is 10.7. The smallest absolute Gasteiger partial charge is 0.147 e. The van der Waals surface area contributed by atoms with E-state index in [1.807, 2.05) is 6.07 Å². The van der Waals surface area contributed by atoms with Crippen LogP contribution in [0.5, 0.6) is 11.5 Å². The fourth-order valence-electron chi connectivity index (χ4n) is 3.87. The monoisotopic (exact) mass is 296 g/mol. The molecule has 2 saturated carbocycles. The first-order chi connectivity index (χ1) is 9.69. The van der Waals surface area contributed by atoms with E-state index in [1.54, 1.807) is 20.3 Å². The van der Waals surface area contributed by atoms with E-state index in [0.717, 1.165) is 5.56 Å². The maximum Gasteiger partial charge on any atom is 0.147 e. The zero-order valence-corrected chi connectivity index (χ0v) is 12.7. The normalized spacial score (nSPS) is 29.5. The van der Waals surface area contributed by atoms with Gasteiger partial charge in [-0.25, -0.2) is 0 Å². The van der Waals surface area contributed by atoms with E-state index in [-0.39, 0.29) is 0 Å². The van der Waals surface area contributed by atoms with Gasteiger partial charge in [0.15, 0.2) is 0 Å². The number of benzene rings is 1. The van der Waals surface area contributed by atoms with Gasteiger partial charge in [0.1, 0.15) is 16.5 Å². The van der Waals surface area contributed by atoms with Crippen LogP contribution in [0.15, 0.2) is 12.1 Å². The molecule has 0 amide bonds. The molecular weight excluding hydrogens is 276 g/mol. The molecule has 1 aromatic rings. The van der Waals surface area contributed by atoms with Crippen molar-refractivity contribution >= 4 is 11.6 Å². The topological polar surface area (TPSA) is 38.7 Å². The third-order valence-electron chi connectivity index (χ3n) is 4.92. The number of aliphatic hydroxyl groups is 1. The summed E-state index contributed by atoms with van der Waals surface area (Å²) in [6, 6.07) is 3.67. The Kier molecular flexibility index (Phi) is 3.83. The highest BCUT2D eigenvalue weighted by atomic mass is 35.5. The molecule has 3 atom stereocenters. The molecule has 3 unspecified atom stereocenters. The Balaban J connectivity index is 1.88. The number of hydrogen-bond acceptors (Lipinski definition) is 3. The lowest BCUT2D eigenvalue weighted by molar-refractivity contribution is 0.138. The van der Waals surface area contributed by atoms with E-state index in [4.69, 9.17) is 21.1 Å². The first-order valence-corrected chi connectivity index (χ1v) is 7.65. The van der Waals surface area contributed by atoms with Crippen molar-refractivity contribution in [3.8, 4) is 11.5 Å². The second kappa shape index (κ2) is 5.45. The van der Waals surface area contributed by atoms with Gasteiger partial charge in [-0.15, -0.1) is 0 Å². The van der Waals surface area contributed by atoms with Crippen LogP contribution in [0.25, 0.3) is 0 Å². The summed E-state index contributed by atoms with van der Waals surface area (Å²) in [5.74, 6) is 2.86. The lowest BCUT2D eigenvalue weighted by Crippen LogP contribution is -2.05. The minimum Gasteiger partial charge on any atom is -0.495 e. The van der Waals surface area contributed by atoms with Crippen molar-refractivity contribution in [3.05, 3.63) is 22.7 Å². The minimum atomic E-state index is -0.485. The van der Waals surface area contributed by atoms with Crippen LogP contribution in [0.1, 0.15) is 37.4 Å². The predicted molar refractivity (Wildman–Crippen MR) is 78.5 cm³/mol. The summed E-state index contributed by atoms with van der Waals surface area (Å²) in [7, 11) is 3.16. The maximum atomic E-state index is 10.7. The molecule has 3 rings (SSSR count). The number of halogens is 1. The van der Waals surface area contributed by atoms with Gasteiger partial charge in [0.2, 0.25) is 0 Å². The molecule has 0 aromatic heterocycles. The molecule has 4 heteroatoms. The molecular formula is C16H21ClO3. The first kappa shape index (κ1) is 14.0. The number of fused-ring (bicyclic) bond motifs is 1. The molecule has 2 aliphatic carbocycles. The lowest BCUT2D eigenvalue weighted by atomic mass is 10.0. The zero-order valence-electron chi connectivity index (χ0n) is 11.9. The van der Waals surface area contributed by atoms with Crippen LogP contribution < -0.4 is 9.47 Å². The fraction of sp³-hybridized carbons (Fsp3) is 0.625. The van der Waals surface area contributed by atoms with Crippen LogP contribution in [0.4, 0.5) is 0 Å². The van der Waals surface area contributed by atoms with E-state index in [1.165, 1.54) is 25.7 Å². The van der Waals surface area contributed by atoms with Crippen LogP contribution in [-0.2, 0) is 0 Å². The highest BCUT2D eigenvalue weighted by Crippen LogP contribution is 2.61. The highest BCUT2D eigenvalue weighted by molar-refractivity contribution is 6.33. The van der Waals surface area contributed by atoms with Crippen LogP contribution in [0.2, 0.25) is 5.02 Å². The third-order valence-corrected chi connectivity index (χ3v) is 5.28. The molecule has 0 bridgehead atoms. The van der Waals surface area contributed by atoms with Crippen molar-refractivity contribution in [3.63, 3.8) is 0 Å². The lowest BCUT2D eigenvalue weighted by Gasteiger charge is -2.17. The average Bonchev–Trinajstić information content (AvgIpc) is 3.20. The summed E-state index contributed by atoms with van der Waals surface area (Å²) < 4.78 is 10.6. The number of ether oxygens (including phenoxy) is 2. The van der Waals surface area contributed by atoms with E-state index >= 15 is 0 Å². The SMILES string of the molecule is COc1ccc(C(O)C2C3CCCCC32)c(OC)c1Cl. The van der Waals surface area contributed by atoms with E-state index < -0.39 is 6.10 Å². The summed E-state index contributed by atoms with van der Waals surface area (Å²) >= 11 is 6.28. The second-order valence-corrected chi connectivity index (χ2v) is 6.22. The molecule has 3 nitrogen and oxygen atoms in total. The van der Waals surface area contributed by atoms with Crippen molar-refractivity contribution in [1.29, 1.82) is 0 Å². The Bertz CT molecular complexity index is 491. The summed E-state index contributed by atoms with van der Waals surface area (Å²) in [4.78, 5) is 0. The highest BCUT2D eigenvalue weighted by Gasteiger charge is 2.54. The number of rotatable bonds is 4. The molecule has 0 heterocycles. The van der Waals surface area contributed by atoms with Gasteiger partial charge in [-0.1, -0.05) is 24.4 Å². The molecule has 1 N–H and O–H groups in total. The standard InChI is InChI=1S/C16H21ClO3/c1-19-12-8-7-11(16(20-2)14(12)17)15(18)13-9-5-3-4-6-10(9)13/h7-10,13,15,18H,3-6H2,1-2H3. The molecule has 0 aliphatic heterocycles. The van der Waals surface area contributed by atoms with Crippen molar-refractivity contribution in [2.45, 2.75) is 31.8 Å². The van der Waals surface area contributed by atoms with Gasteiger partial charge in [-0.2, -0.15) is 0 Å². The quantitative estimate of drug-likeness (QED) is 0.918.